The highest BCUT2D eigenvalue weighted by molar-refractivity contribution is 7.97. The second-order valence-corrected chi connectivity index (χ2v) is 3.80. The molecule has 1 aromatic carbocycles. The lowest BCUT2D eigenvalue weighted by atomic mass is 10.2. The van der Waals surface area contributed by atoms with Crippen molar-refractivity contribution >= 4 is 30.0 Å². The number of nitrogens with zero attached hydrogens (tertiary/aromatic N) is 1. The molecule has 0 spiro atoms. The number of hydrogen-bond donors (Lipinski definition) is 2. The fourth-order valence-electron chi connectivity index (χ4n) is 1.38. The van der Waals surface area contributed by atoms with E-state index in [2.05, 4.69) is 0 Å². The first-order valence-electron chi connectivity index (χ1n) is 5.68. The number of benzene rings is 1. The number of anilines is 1. The van der Waals surface area contributed by atoms with Crippen LogP contribution in [0.1, 0.15) is 13.8 Å². The van der Waals surface area contributed by atoms with Gasteiger partial charge < -0.3 is 15.4 Å². The summed E-state index contributed by atoms with van der Waals surface area (Å²) in [6, 6.07) is 5.11. The van der Waals surface area contributed by atoms with Crippen LogP contribution in [0.15, 0.2) is 23.1 Å². The average molecular weight is 285 g/mol. The Morgan fingerprint density at radius 1 is 1.47 bits per heavy atom. The molecule has 106 valence electrons. The molecule has 0 unspecified atom stereocenters. The molecular formula is C12H19N3O3S. The van der Waals surface area contributed by atoms with Gasteiger partial charge in [-0.2, -0.15) is 0 Å². The summed E-state index contributed by atoms with van der Waals surface area (Å²) in [5.74, 6) is -0.168. The van der Waals surface area contributed by atoms with Crippen molar-refractivity contribution in [1.82, 2.24) is 0 Å². The van der Waals surface area contributed by atoms with Crippen LogP contribution >= 0.6 is 11.9 Å². The van der Waals surface area contributed by atoms with Crippen LogP contribution in [0, 0.1) is 0 Å². The van der Waals surface area contributed by atoms with Crippen LogP contribution in [-0.2, 0) is 9.59 Å². The van der Waals surface area contributed by atoms with E-state index in [0.29, 0.717) is 22.7 Å². The molecular weight excluding hydrogens is 266 g/mol. The van der Waals surface area contributed by atoms with Crippen molar-refractivity contribution in [3.8, 4) is 5.75 Å². The summed E-state index contributed by atoms with van der Waals surface area (Å²) in [5.41, 5.74) is 5.51. The molecule has 2 amide bonds. The molecule has 0 bridgehead atoms. The zero-order valence-electron chi connectivity index (χ0n) is 11.3. The van der Waals surface area contributed by atoms with Gasteiger partial charge in [0, 0.05) is 0 Å². The van der Waals surface area contributed by atoms with Crippen molar-refractivity contribution in [2.24, 2.45) is 10.9 Å². The molecule has 19 heavy (non-hydrogen) atoms. The quantitative estimate of drug-likeness (QED) is 0.603. The van der Waals surface area contributed by atoms with Crippen LogP contribution in [0.5, 0.6) is 5.75 Å². The van der Waals surface area contributed by atoms with Crippen LogP contribution < -0.4 is 20.5 Å². The van der Waals surface area contributed by atoms with Crippen molar-refractivity contribution in [2.75, 3.05) is 18.6 Å². The van der Waals surface area contributed by atoms with Crippen molar-refractivity contribution in [3.05, 3.63) is 18.2 Å². The van der Waals surface area contributed by atoms with Gasteiger partial charge in [0.15, 0.2) is 5.75 Å². The number of para-hydroxylation sites is 1. The second-order valence-electron chi connectivity index (χ2n) is 3.13. The largest absolute Gasteiger partial charge is 0.493 e. The molecule has 0 aliphatic carbocycles. The van der Waals surface area contributed by atoms with Gasteiger partial charge in [-0.1, -0.05) is 19.9 Å². The zero-order valence-corrected chi connectivity index (χ0v) is 12.1. The molecule has 0 atom stereocenters. The number of hydrogen-bond acceptors (Lipinski definition) is 5. The van der Waals surface area contributed by atoms with Gasteiger partial charge in [0.1, 0.15) is 6.54 Å². The molecule has 0 saturated heterocycles. The molecule has 1 rings (SSSR count). The van der Waals surface area contributed by atoms with E-state index in [1.807, 2.05) is 13.8 Å². The molecule has 1 aromatic rings. The van der Waals surface area contributed by atoms with Gasteiger partial charge in [-0.3, -0.25) is 14.7 Å². The molecule has 0 saturated carbocycles. The molecule has 7 heteroatoms. The Morgan fingerprint density at radius 2 is 2.11 bits per heavy atom. The number of ether oxygens (including phenoxy) is 1. The Labute approximate surface area is 117 Å². The SMILES string of the molecule is CC.COc1c(SN)cccc1N(C=O)CC(N)=O. The van der Waals surface area contributed by atoms with Crippen LogP contribution in [0.25, 0.3) is 0 Å². The first-order valence-corrected chi connectivity index (χ1v) is 6.56. The van der Waals surface area contributed by atoms with Crippen LogP contribution in [0.4, 0.5) is 5.69 Å². The first kappa shape index (κ1) is 17.3. The van der Waals surface area contributed by atoms with Gasteiger partial charge in [0.25, 0.3) is 0 Å². The van der Waals surface area contributed by atoms with Crippen molar-refractivity contribution < 1.29 is 14.3 Å². The number of primary amides is 1. The average Bonchev–Trinajstić information content (AvgIpc) is 2.45. The number of rotatable bonds is 6. The third-order valence-corrected chi connectivity index (χ3v) is 2.63. The van der Waals surface area contributed by atoms with E-state index in [-0.39, 0.29) is 6.54 Å². The van der Waals surface area contributed by atoms with E-state index in [1.165, 1.54) is 12.0 Å². The highest BCUT2D eigenvalue weighted by Crippen LogP contribution is 2.35. The Morgan fingerprint density at radius 3 is 2.53 bits per heavy atom. The Bertz CT molecular complexity index is 427. The topological polar surface area (TPSA) is 98.7 Å². The fourth-order valence-corrected chi connectivity index (χ4v) is 1.83. The molecule has 0 radical (unpaired) electrons. The highest BCUT2D eigenvalue weighted by Gasteiger charge is 2.16. The van der Waals surface area contributed by atoms with E-state index < -0.39 is 5.91 Å². The summed E-state index contributed by atoms with van der Waals surface area (Å²) < 4.78 is 5.18. The van der Waals surface area contributed by atoms with Crippen molar-refractivity contribution in [2.45, 2.75) is 18.7 Å². The van der Waals surface area contributed by atoms with Crippen LogP contribution in [0.2, 0.25) is 0 Å². The van der Waals surface area contributed by atoms with Gasteiger partial charge in [-0.05, 0) is 24.1 Å². The number of carbonyl (C=O) groups excluding carboxylic acids is 2. The third-order valence-electron chi connectivity index (χ3n) is 2.05. The van der Waals surface area contributed by atoms with Gasteiger partial charge in [0.05, 0.1) is 17.7 Å². The summed E-state index contributed by atoms with van der Waals surface area (Å²) in [5, 5.41) is 5.48. The minimum atomic E-state index is -0.607. The van der Waals surface area contributed by atoms with Gasteiger partial charge in [-0.25, -0.2) is 0 Å². The van der Waals surface area contributed by atoms with E-state index in [9.17, 15) is 9.59 Å². The highest BCUT2D eigenvalue weighted by atomic mass is 32.2. The molecule has 0 aliphatic rings. The van der Waals surface area contributed by atoms with E-state index >= 15 is 0 Å². The Kier molecular flexibility index (Phi) is 8.39. The Balaban J connectivity index is 0.00000154. The summed E-state index contributed by atoms with van der Waals surface area (Å²) in [6.45, 7) is 3.79. The van der Waals surface area contributed by atoms with E-state index in [4.69, 9.17) is 15.6 Å². The number of amides is 2. The maximum absolute atomic E-state index is 10.9. The standard InChI is InChI=1S/C10H13N3O3S.C2H6/c1-16-10-7(3-2-4-8(10)17-12)13(6-14)5-9(11)15;1-2/h2-4,6H,5,12H2,1H3,(H2,11,15);1-2H3. The number of nitrogens with two attached hydrogens (primary N) is 2. The molecule has 6 nitrogen and oxygen atoms in total. The monoisotopic (exact) mass is 285 g/mol. The minimum absolute atomic E-state index is 0.210. The predicted molar refractivity (Wildman–Crippen MR) is 77.0 cm³/mol. The smallest absolute Gasteiger partial charge is 0.237 e. The minimum Gasteiger partial charge on any atom is -0.493 e. The fraction of sp³-hybridized carbons (Fsp3) is 0.333. The lowest BCUT2D eigenvalue weighted by Crippen LogP contribution is -2.32. The van der Waals surface area contributed by atoms with Crippen molar-refractivity contribution in [1.29, 1.82) is 0 Å². The maximum Gasteiger partial charge on any atom is 0.237 e. The van der Waals surface area contributed by atoms with Gasteiger partial charge in [0.2, 0.25) is 12.3 Å². The lowest BCUT2D eigenvalue weighted by molar-refractivity contribution is -0.118. The van der Waals surface area contributed by atoms with Crippen LogP contribution in [-0.4, -0.2) is 26.0 Å². The summed E-state index contributed by atoms with van der Waals surface area (Å²) in [7, 11) is 1.46. The molecule has 4 N–H and O–H groups in total. The lowest BCUT2D eigenvalue weighted by Gasteiger charge is -2.19. The van der Waals surface area contributed by atoms with E-state index in [1.54, 1.807) is 18.2 Å². The van der Waals surface area contributed by atoms with Gasteiger partial charge >= 0.3 is 0 Å². The second kappa shape index (κ2) is 9.23. The van der Waals surface area contributed by atoms with Crippen LogP contribution in [0.3, 0.4) is 0 Å². The summed E-state index contributed by atoms with van der Waals surface area (Å²) >= 11 is 0.997. The van der Waals surface area contributed by atoms with E-state index in [0.717, 1.165) is 11.9 Å². The molecule has 0 fully saturated rings. The zero-order chi connectivity index (χ0) is 14.8. The maximum atomic E-state index is 10.9. The first-order chi connectivity index (χ1) is 9.13. The Hall–Kier alpha value is -1.73. The predicted octanol–water partition coefficient (Wildman–Crippen LogP) is 1.14. The number of carbonyl (C=O) groups is 2. The molecule has 0 aliphatic heterocycles. The summed E-state index contributed by atoms with van der Waals surface area (Å²) in [4.78, 5) is 23.6. The normalized spacial score (nSPS) is 9.05. The van der Waals surface area contributed by atoms with Crippen molar-refractivity contribution in [3.63, 3.8) is 0 Å². The molecule has 0 aromatic heterocycles. The summed E-state index contributed by atoms with van der Waals surface area (Å²) in [6.07, 6.45) is 0.521. The van der Waals surface area contributed by atoms with Gasteiger partial charge in [-0.15, -0.1) is 0 Å². The number of methoxy groups -OCH3 is 1. The molecule has 0 heterocycles. The third kappa shape index (κ3) is 4.80.